The lowest BCUT2D eigenvalue weighted by atomic mass is 10.1. The van der Waals surface area contributed by atoms with E-state index >= 15 is 0 Å². The fraction of sp³-hybridized carbons (Fsp3) is 0.929. The van der Waals surface area contributed by atoms with E-state index in [-0.39, 0.29) is 17.0 Å². The number of carboxylic acid groups (broad SMARTS) is 1. The SMILES string of the molecule is Br.CCCCCCCCCCCCCC(=O)O. The molecule has 0 aliphatic rings. The Labute approximate surface area is 117 Å². The second-order valence-electron chi connectivity index (χ2n) is 4.68. The second kappa shape index (κ2) is 16.0. The monoisotopic (exact) mass is 308 g/mol. The molecule has 0 atom stereocenters. The highest BCUT2D eigenvalue weighted by Gasteiger charge is 1.96. The number of unbranched alkanes of at least 4 members (excludes halogenated alkanes) is 10. The summed E-state index contributed by atoms with van der Waals surface area (Å²) in [5.74, 6) is -0.657. The van der Waals surface area contributed by atoms with Crippen LogP contribution in [0.2, 0.25) is 0 Å². The Morgan fingerprint density at radius 3 is 1.47 bits per heavy atom. The zero-order chi connectivity index (χ0) is 12.1. The minimum absolute atomic E-state index is 0. The summed E-state index contributed by atoms with van der Waals surface area (Å²) in [6.45, 7) is 2.25. The first-order valence-electron chi connectivity index (χ1n) is 6.99. The standard InChI is InChI=1S/C14H28O2.BrH/c1-2-3-4-5-6-7-8-9-10-11-12-13-14(15)16;/h2-13H2,1H3,(H,15,16);1H. The molecular weight excluding hydrogens is 280 g/mol. The highest BCUT2D eigenvalue weighted by Crippen LogP contribution is 2.11. The molecule has 104 valence electrons. The van der Waals surface area contributed by atoms with E-state index < -0.39 is 5.97 Å². The van der Waals surface area contributed by atoms with Crippen molar-refractivity contribution < 1.29 is 9.90 Å². The van der Waals surface area contributed by atoms with Crippen LogP contribution < -0.4 is 0 Å². The first-order chi connectivity index (χ1) is 7.77. The van der Waals surface area contributed by atoms with Crippen molar-refractivity contribution in [3.8, 4) is 0 Å². The van der Waals surface area contributed by atoms with Gasteiger partial charge in [-0.2, -0.15) is 0 Å². The number of carboxylic acids is 1. The summed E-state index contributed by atoms with van der Waals surface area (Å²) in [5.41, 5.74) is 0. The van der Waals surface area contributed by atoms with Crippen LogP contribution in [0.15, 0.2) is 0 Å². The Bertz CT molecular complexity index is 160. The maximum absolute atomic E-state index is 10.3. The van der Waals surface area contributed by atoms with Crippen molar-refractivity contribution in [3.05, 3.63) is 0 Å². The van der Waals surface area contributed by atoms with Gasteiger partial charge in [-0.05, 0) is 6.42 Å². The Hall–Kier alpha value is -0.0500. The molecule has 0 aromatic rings. The van der Waals surface area contributed by atoms with Gasteiger partial charge >= 0.3 is 5.97 Å². The summed E-state index contributed by atoms with van der Waals surface area (Å²) in [4.78, 5) is 10.3. The summed E-state index contributed by atoms with van der Waals surface area (Å²) in [6, 6.07) is 0. The number of hydrogen-bond donors (Lipinski definition) is 1. The molecule has 0 aliphatic heterocycles. The quantitative estimate of drug-likeness (QED) is 0.493. The predicted molar refractivity (Wildman–Crippen MR) is 79.0 cm³/mol. The fourth-order valence-corrected chi connectivity index (χ4v) is 1.94. The Kier molecular flexibility index (Phi) is 18.1. The molecule has 1 N–H and O–H groups in total. The van der Waals surface area contributed by atoms with Gasteiger partial charge in [0.25, 0.3) is 0 Å². The van der Waals surface area contributed by atoms with Gasteiger partial charge in [0.2, 0.25) is 0 Å². The molecule has 0 aromatic carbocycles. The van der Waals surface area contributed by atoms with E-state index in [0.717, 1.165) is 12.8 Å². The molecule has 0 radical (unpaired) electrons. The summed E-state index contributed by atoms with van der Waals surface area (Å²) < 4.78 is 0. The molecule has 0 fully saturated rings. The number of hydrogen-bond acceptors (Lipinski definition) is 1. The van der Waals surface area contributed by atoms with Crippen LogP contribution in [0.1, 0.15) is 84.0 Å². The zero-order valence-electron chi connectivity index (χ0n) is 11.2. The van der Waals surface area contributed by atoms with Crippen molar-refractivity contribution in [3.63, 3.8) is 0 Å². The van der Waals surface area contributed by atoms with Gasteiger partial charge in [-0.3, -0.25) is 4.79 Å². The number of halogens is 1. The molecule has 0 aromatic heterocycles. The molecule has 0 amide bonds. The minimum atomic E-state index is -0.657. The molecule has 0 unspecified atom stereocenters. The largest absolute Gasteiger partial charge is 0.481 e. The van der Waals surface area contributed by atoms with Crippen LogP contribution in [-0.4, -0.2) is 11.1 Å². The Balaban J connectivity index is 0. The smallest absolute Gasteiger partial charge is 0.303 e. The van der Waals surface area contributed by atoms with Gasteiger partial charge in [-0.25, -0.2) is 0 Å². The minimum Gasteiger partial charge on any atom is -0.481 e. The topological polar surface area (TPSA) is 37.3 Å². The van der Waals surface area contributed by atoms with E-state index in [1.165, 1.54) is 57.8 Å². The predicted octanol–water partition coefficient (Wildman–Crippen LogP) is 5.35. The molecule has 0 saturated carbocycles. The molecular formula is C14H29BrO2. The molecule has 0 bridgehead atoms. The maximum atomic E-state index is 10.3. The average molecular weight is 309 g/mol. The van der Waals surface area contributed by atoms with Crippen LogP contribution in [-0.2, 0) is 4.79 Å². The van der Waals surface area contributed by atoms with Crippen LogP contribution in [0.3, 0.4) is 0 Å². The third-order valence-electron chi connectivity index (χ3n) is 2.99. The van der Waals surface area contributed by atoms with Gasteiger partial charge in [0.05, 0.1) is 0 Å². The molecule has 0 rings (SSSR count). The van der Waals surface area contributed by atoms with Gasteiger partial charge < -0.3 is 5.11 Å². The van der Waals surface area contributed by atoms with E-state index in [1.54, 1.807) is 0 Å². The summed E-state index contributed by atoms with van der Waals surface area (Å²) in [5, 5.41) is 8.46. The number of aliphatic carboxylic acids is 1. The molecule has 17 heavy (non-hydrogen) atoms. The molecule has 2 nitrogen and oxygen atoms in total. The first-order valence-corrected chi connectivity index (χ1v) is 6.99. The van der Waals surface area contributed by atoms with Crippen molar-refractivity contribution >= 4 is 23.0 Å². The summed E-state index contributed by atoms with van der Waals surface area (Å²) in [6.07, 6.45) is 14.4. The van der Waals surface area contributed by atoms with Crippen LogP contribution in [0, 0.1) is 0 Å². The van der Waals surface area contributed by atoms with E-state index in [9.17, 15) is 4.79 Å². The van der Waals surface area contributed by atoms with E-state index in [2.05, 4.69) is 6.92 Å². The summed E-state index contributed by atoms with van der Waals surface area (Å²) >= 11 is 0. The van der Waals surface area contributed by atoms with Gasteiger partial charge in [0, 0.05) is 6.42 Å². The maximum Gasteiger partial charge on any atom is 0.303 e. The molecule has 3 heteroatoms. The van der Waals surface area contributed by atoms with Gasteiger partial charge in [0.1, 0.15) is 0 Å². The van der Waals surface area contributed by atoms with E-state index in [0.29, 0.717) is 6.42 Å². The summed E-state index contributed by atoms with van der Waals surface area (Å²) in [7, 11) is 0. The van der Waals surface area contributed by atoms with Crippen molar-refractivity contribution in [2.75, 3.05) is 0 Å². The Morgan fingerprint density at radius 2 is 1.12 bits per heavy atom. The highest BCUT2D eigenvalue weighted by atomic mass is 79.9. The normalized spacial score (nSPS) is 9.94. The van der Waals surface area contributed by atoms with Crippen molar-refractivity contribution in [1.29, 1.82) is 0 Å². The lowest BCUT2D eigenvalue weighted by Crippen LogP contribution is -1.93. The lowest BCUT2D eigenvalue weighted by molar-refractivity contribution is -0.137. The van der Waals surface area contributed by atoms with Crippen molar-refractivity contribution in [2.24, 2.45) is 0 Å². The van der Waals surface area contributed by atoms with Crippen LogP contribution in [0.25, 0.3) is 0 Å². The Morgan fingerprint density at radius 1 is 0.765 bits per heavy atom. The second-order valence-corrected chi connectivity index (χ2v) is 4.68. The van der Waals surface area contributed by atoms with E-state index in [1.807, 2.05) is 0 Å². The average Bonchev–Trinajstić information content (AvgIpc) is 2.25. The molecule has 0 saturated heterocycles. The molecule has 0 heterocycles. The zero-order valence-corrected chi connectivity index (χ0v) is 13.0. The van der Waals surface area contributed by atoms with E-state index in [4.69, 9.17) is 5.11 Å². The third kappa shape index (κ3) is 18.5. The van der Waals surface area contributed by atoms with Gasteiger partial charge in [0.15, 0.2) is 0 Å². The first kappa shape index (κ1) is 19.3. The van der Waals surface area contributed by atoms with Crippen molar-refractivity contribution in [1.82, 2.24) is 0 Å². The molecule has 0 spiro atoms. The number of carbonyl (C=O) groups is 1. The van der Waals surface area contributed by atoms with Crippen molar-refractivity contribution in [2.45, 2.75) is 84.0 Å². The van der Waals surface area contributed by atoms with Gasteiger partial charge in [-0.1, -0.05) is 71.1 Å². The lowest BCUT2D eigenvalue weighted by Gasteiger charge is -2.01. The number of rotatable bonds is 12. The third-order valence-corrected chi connectivity index (χ3v) is 2.99. The fourth-order valence-electron chi connectivity index (χ4n) is 1.94. The van der Waals surface area contributed by atoms with Crippen LogP contribution >= 0.6 is 17.0 Å². The van der Waals surface area contributed by atoms with Crippen LogP contribution in [0.4, 0.5) is 0 Å². The molecule has 0 aliphatic carbocycles. The van der Waals surface area contributed by atoms with Crippen LogP contribution in [0.5, 0.6) is 0 Å². The van der Waals surface area contributed by atoms with Gasteiger partial charge in [-0.15, -0.1) is 17.0 Å². The highest BCUT2D eigenvalue weighted by molar-refractivity contribution is 8.93.